The number of nitrogens with one attached hydrogen (secondary N) is 1. The monoisotopic (exact) mass is 373 g/mol. The second-order valence-electron chi connectivity index (χ2n) is 7.64. The fraction of sp³-hybridized carbons (Fsp3) is 0.333. The Hall–Kier alpha value is -2.88. The number of amides is 2. The van der Waals surface area contributed by atoms with E-state index in [1.807, 2.05) is 35.2 Å². The molecule has 0 spiro atoms. The molecular formula is C24H27N3O. The van der Waals surface area contributed by atoms with Crippen LogP contribution in [0.15, 0.2) is 66.9 Å². The summed E-state index contributed by atoms with van der Waals surface area (Å²) in [6, 6.07) is 20.7. The molecule has 0 atom stereocenters. The Labute approximate surface area is 166 Å². The van der Waals surface area contributed by atoms with Crippen molar-refractivity contribution in [3.8, 4) is 0 Å². The number of pyridine rings is 1. The summed E-state index contributed by atoms with van der Waals surface area (Å²) in [6.07, 6.45) is 6.47. The molecule has 144 valence electrons. The van der Waals surface area contributed by atoms with E-state index < -0.39 is 0 Å². The van der Waals surface area contributed by atoms with E-state index in [1.165, 1.54) is 18.4 Å². The summed E-state index contributed by atoms with van der Waals surface area (Å²) < 4.78 is 0. The molecule has 1 aromatic heterocycles. The Kier molecular flexibility index (Phi) is 5.56. The number of hydrogen-bond acceptors (Lipinski definition) is 2. The maximum Gasteiger partial charge on any atom is 0.321 e. The minimum atomic E-state index is -0.0541. The van der Waals surface area contributed by atoms with Gasteiger partial charge in [0.15, 0.2) is 0 Å². The highest BCUT2D eigenvalue weighted by molar-refractivity contribution is 6.01. The summed E-state index contributed by atoms with van der Waals surface area (Å²) >= 11 is 0. The van der Waals surface area contributed by atoms with E-state index in [2.05, 4.69) is 40.6 Å². The second-order valence-corrected chi connectivity index (χ2v) is 7.64. The molecule has 4 heteroatoms. The number of benzene rings is 2. The summed E-state index contributed by atoms with van der Waals surface area (Å²) in [5, 5.41) is 3.84. The first-order valence-electron chi connectivity index (χ1n) is 10.1. The van der Waals surface area contributed by atoms with Crippen molar-refractivity contribution >= 4 is 22.6 Å². The summed E-state index contributed by atoms with van der Waals surface area (Å²) in [7, 11) is 1.70. The summed E-state index contributed by atoms with van der Waals surface area (Å²) in [5.74, 6) is 1.16. The van der Waals surface area contributed by atoms with E-state index in [0.717, 1.165) is 36.0 Å². The molecule has 3 aromatic rings. The van der Waals surface area contributed by atoms with Crippen molar-refractivity contribution in [2.75, 3.05) is 18.5 Å². The highest BCUT2D eigenvalue weighted by Crippen LogP contribution is 2.37. The third-order valence-electron chi connectivity index (χ3n) is 5.93. The van der Waals surface area contributed by atoms with E-state index >= 15 is 0 Å². The van der Waals surface area contributed by atoms with E-state index in [9.17, 15) is 4.79 Å². The number of aromatic nitrogens is 1. The average Bonchev–Trinajstić information content (AvgIpc) is 2.78. The second kappa shape index (κ2) is 8.42. The first-order valence-corrected chi connectivity index (χ1v) is 10.1. The molecule has 0 aliphatic heterocycles. The SMILES string of the molecule is CNC(=O)N(CC1CCC(c2ccccc2)CC1)c1cccc2ncccc12. The number of anilines is 1. The highest BCUT2D eigenvalue weighted by Gasteiger charge is 2.26. The number of fused-ring (bicyclic) bond motifs is 1. The Morgan fingerprint density at radius 1 is 1.00 bits per heavy atom. The lowest BCUT2D eigenvalue weighted by Gasteiger charge is -2.33. The van der Waals surface area contributed by atoms with Crippen molar-refractivity contribution in [1.29, 1.82) is 0 Å². The number of nitrogens with zero attached hydrogens (tertiary/aromatic N) is 2. The minimum absolute atomic E-state index is 0.0541. The van der Waals surface area contributed by atoms with Gasteiger partial charge in [0.1, 0.15) is 0 Å². The van der Waals surface area contributed by atoms with Crippen LogP contribution in [0, 0.1) is 5.92 Å². The molecule has 4 rings (SSSR count). The smallest absolute Gasteiger partial charge is 0.321 e. The predicted octanol–water partition coefficient (Wildman–Crippen LogP) is 5.35. The van der Waals surface area contributed by atoms with Crippen LogP contribution in [-0.2, 0) is 0 Å². The topological polar surface area (TPSA) is 45.2 Å². The van der Waals surface area contributed by atoms with Gasteiger partial charge < -0.3 is 5.32 Å². The maximum atomic E-state index is 12.7. The van der Waals surface area contributed by atoms with E-state index in [1.54, 1.807) is 13.2 Å². The molecule has 1 aliphatic rings. The van der Waals surface area contributed by atoms with Crippen LogP contribution in [0.3, 0.4) is 0 Å². The van der Waals surface area contributed by atoms with Gasteiger partial charge in [0.2, 0.25) is 0 Å². The van der Waals surface area contributed by atoms with Gasteiger partial charge in [0, 0.05) is 25.2 Å². The van der Waals surface area contributed by atoms with Gasteiger partial charge in [0.05, 0.1) is 11.2 Å². The first kappa shape index (κ1) is 18.5. The largest absolute Gasteiger partial charge is 0.341 e. The fourth-order valence-electron chi connectivity index (χ4n) is 4.41. The molecule has 1 fully saturated rings. The third kappa shape index (κ3) is 3.86. The molecule has 0 bridgehead atoms. The molecule has 1 aliphatic carbocycles. The Morgan fingerprint density at radius 2 is 1.79 bits per heavy atom. The van der Waals surface area contributed by atoms with Crippen LogP contribution < -0.4 is 10.2 Å². The zero-order valence-corrected chi connectivity index (χ0v) is 16.3. The maximum absolute atomic E-state index is 12.7. The highest BCUT2D eigenvalue weighted by atomic mass is 16.2. The molecular weight excluding hydrogens is 346 g/mol. The molecule has 2 aromatic carbocycles. The lowest BCUT2D eigenvalue weighted by Crippen LogP contribution is -2.42. The molecule has 0 radical (unpaired) electrons. The zero-order valence-electron chi connectivity index (χ0n) is 16.3. The average molecular weight is 374 g/mol. The lowest BCUT2D eigenvalue weighted by molar-refractivity contribution is 0.244. The number of hydrogen-bond donors (Lipinski definition) is 1. The van der Waals surface area contributed by atoms with Crippen LogP contribution in [0.4, 0.5) is 10.5 Å². The van der Waals surface area contributed by atoms with Gasteiger partial charge in [-0.3, -0.25) is 9.88 Å². The summed E-state index contributed by atoms with van der Waals surface area (Å²) in [4.78, 5) is 19.1. The number of rotatable bonds is 4. The van der Waals surface area contributed by atoms with Gasteiger partial charge in [-0.05, 0) is 67.3 Å². The van der Waals surface area contributed by atoms with Crippen molar-refractivity contribution in [2.45, 2.75) is 31.6 Å². The van der Waals surface area contributed by atoms with E-state index in [0.29, 0.717) is 11.8 Å². The van der Waals surface area contributed by atoms with Crippen molar-refractivity contribution < 1.29 is 4.79 Å². The number of urea groups is 1. The van der Waals surface area contributed by atoms with E-state index in [-0.39, 0.29) is 6.03 Å². The molecule has 1 heterocycles. The summed E-state index contributed by atoms with van der Waals surface area (Å²) in [5.41, 5.74) is 3.31. The summed E-state index contributed by atoms with van der Waals surface area (Å²) in [6.45, 7) is 0.745. The standard InChI is InChI=1S/C24H27N3O/c1-25-24(28)27(23-11-5-10-22-21(23)9-6-16-26-22)17-18-12-14-20(15-13-18)19-7-3-2-4-8-19/h2-11,16,18,20H,12-15,17H2,1H3,(H,25,28). The van der Waals surface area contributed by atoms with Crippen LogP contribution in [0.25, 0.3) is 10.9 Å². The van der Waals surface area contributed by atoms with Crippen LogP contribution >= 0.6 is 0 Å². The molecule has 2 amide bonds. The van der Waals surface area contributed by atoms with Crippen molar-refractivity contribution in [3.63, 3.8) is 0 Å². The van der Waals surface area contributed by atoms with Crippen LogP contribution in [-0.4, -0.2) is 24.6 Å². The minimum Gasteiger partial charge on any atom is -0.341 e. The molecule has 1 N–H and O–H groups in total. The first-order chi connectivity index (χ1) is 13.8. The lowest BCUT2D eigenvalue weighted by atomic mass is 9.78. The van der Waals surface area contributed by atoms with Gasteiger partial charge in [0.25, 0.3) is 0 Å². The molecule has 4 nitrogen and oxygen atoms in total. The van der Waals surface area contributed by atoms with Crippen LogP contribution in [0.5, 0.6) is 0 Å². The van der Waals surface area contributed by atoms with Gasteiger partial charge in [-0.15, -0.1) is 0 Å². The van der Waals surface area contributed by atoms with E-state index in [4.69, 9.17) is 0 Å². The normalized spacial score (nSPS) is 19.3. The van der Waals surface area contributed by atoms with Crippen LogP contribution in [0.2, 0.25) is 0 Å². The molecule has 0 saturated heterocycles. The van der Waals surface area contributed by atoms with Crippen molar-refractivity contribution in [3.05, 3.63) is 72.4 Å². The quantitative estimate of drug-likeness (QED) is 0.669. The number of carbonyl (C=O) groups excluding carboxylic acids is 1. The third-order valence-corrected chi connectivity index (χ3v) is 5.93. The van der Waals surface area contributed by atoms with Gasteiger partial charge in [-0.1, -0.05) is 36.4 Å². The van der Waals surface area contributed by atoms with Gasteiger partial charge >= 0.3 is 6.03 Å². The van der Waals surface area contributed by atoms with Crippen molar-refractivity contribution in [1.82, 2.24) is 10.3 Å². The molecule has 0 unspecified atom stereocenters. The Morgan fingerprint density at radius 3 is 2.54 bits per heavy atom. The predicted molar refractivity (Wildman–Crippen MR) is 115 cm³/mol. The number of carbonyl (C=O) groups is 1. The zero-order chi connectivity index (χ0) is 19.3. The molecule has 28 heavy (non-hydrogen) atoms. The van der Waals surface area contributed by atoms with Gasteiger partial charge in [-0.2, -0.15) is 0 Å². The Bertz CT molecular complexity index is 927. The van der Waals surface area contributed by atoms with Crippen molar-refractivity contribution in [2.24, 2.45) is 5.92 Å². The fourth-order valence-corrected chi connectivity index (χ4v) is 4.41. The van der Waals surface area contributed by atoms with Gasteiger partial charge in [-0.25, -0.2) is 4.79 Å². The Balaban J connectivity index is 1.51. The van der Waals surface area contributed by atoms with Crippen LogP contribution in [0.1, 0.15) is 37.2 Å². The molecule has 1 saturated carbocycles.